The van der Waals surface area contributed by atoms with Crippen LogP contribution in [0, 0.1) is 0 Å². The van der Waals surface area contributed by atoms with Crippen molar-refractivity contribution in [2.75, 3.05) is 13.6 Å². The molecule has 2 bridgehead atoms. The highest BCUT2D eigenvalue weighted by molar-refractivity contribution is 6.00. The summed E-state index contributed by atoms with van der Waals surface area (Å²) in [6.45, 7) is 3.29. The molecule has 3 saturated heterocycles. The molecule has 21 heavy (non-hydrogen) atoms. The number of carbonyl (C=O) groups is 2. The summed E-state index contributed by atoms with van der Waals surface area (Å²) in [5.41, 5.74) is 0. The maximum atomic E-state index is 12.5. The van der Waals surface area contributed by atoms with Crippen molar-refractivity contribution in [3.8, 4) is 0 Å². The van der Waals surface area contributed by atoms with Crippen LogP contribution in [0.5, 0.6) is 0 Å². The van der Waals surface area contributed by atoms with E-state index in [2.05, 4.69) is 17.1 Å². The highest BCUT2D eigenvalue weighted by atomic mass is 16.2. The van der Waals surface area contributed by atoms with Crippen LogP contribution in [-0.4, -0.2) is 59.4 Å². The van der Waals surface area contributed by atoms with Crippen LogP contribution >= 0.6 is 0 Å². The molecule has 0 aromatic rings. The van der Waals surface area contributed by atoms with Crippen LogP contribution in [0.4, 0.5) is 0 Å². The fraction of sp³-hybridized carbons (Fsp3) is 0.875. The van der Waals surface area contributed by atoms with Gasteiger partial charge in [0.25, 0.3) is 0 Å². The third kappa shape index (κ3) is 2.73. The van der Waals surface area contributed by atoms with Crippen molar-refractivity contribution in [2.24, 2.45) is 0 Å². The van der Waals surface area contributed by atoms with Gasteiger partial charge in [-0.15, -0.1) is 0 Å². The van der Waals surface area contributed by atoms with Gasteiger partial charge in [0.15, 0.2) is 0 Å². The van der Waals surface area contributed by atoms with Crippen molar-refractivity contribution in [3.05, 3.63) is 0 Å². The van der Waals surface area contributed by atoms with E-state index in [0.29, 0.717) is 31.0 Å². The van der Waals surface area contributed by atoms with Gasteiger partial charge in [-0.3, -0.25) is 19.4 Å². The van der Waals surface area contributed by atoms with Crippen LogP contribution in [0.3, 0.4) is 0 Å². The van der Waals surface area contributed by atoms with Crippen LogP contribution in [-0.2, 0) is 9.59 Å². The van der Waals surface area contributed by atoms with E-state index in [1.807, 2.05) is 0 Å². The molecule has 0 radical (unpaired) electrons. The minimum absolute atomic E-state index is 0.0168. The molecule has 0 aliphatic carbocycles. The molecule has 3 heterocycles. The molecule has 5 heteroatoms. The number of likely N-dealkylation sites (N-methyl/N-ethyl adjacent to an activating group) is 1. The fourth-order valence-electron chi connectivity index (χ4n) is 4.41. The molecule has 0 spiro atoms. The van der Waals surface area contributed by atoms with Crippen LogP contribution in [0.2, 0.25) is 0 Å². The maximum Gasteiger partial charge on any atom is 0.246 e. The third-order valence-electron chi connectivity index (χ3n) is 5.45. The first kappa shape index (κ1) is 15.0. The van der Waals surface area contributed by atoms with E-state index < -0.39 is 0 Å². The van der Waals surface area contributed by atoms with Gasteiger partial charge < -0.3 is 5.32 Å². The number of rotatable bonds is 4. The number of carbonyl (C=O) groups excluding carboxylic acids is 2. The second kappa shape index (κ2) is 6.05. The predicted molar refractivity (Wildman–Crippen MR) is 80.8 cm³/mol. The number of imide groups is 1. The number of hydrogen-bond donors (Lipinski definition) is 1. The summed E-state index contributed by atoms with van der Waals surface area (Å²) >= 11 is 0. The van der Waals surface area contributed by atoms with Crippen molar-refractivity contribution in [2.45, 2.75) is 76.0 Å². The zero-order valence-electron chi connectivity index (χ0n) is 13.2. The Bertz CT molecular complexity index is 412. The Hall–Kier alpha value is -0.940. The van der Waals surface area contributed by atoms with E-state index in [0.717, 1.165) is 19.4 Å². The lowest BCUT2D eigenvalue weighted by atomic mass is 9.92. The number of fused-ring (bicyclic) bond motifs is 2. The Morgan fingerprint density at radius 1 is 1.14 bits per heavy atom. The van der Waals surface area contributed by atoms with E-state index in [-0.39, 0.29) is 17.9 Å². The lowest BCUT2D eigenvalue weighted by molar-refractivity contribution is -0.152. The van der Waals surface area contributed by atoms with E-state index in [1.54, 1.807) is 7.05 Å². The van der Waals surface area contributed by atoms with Crippen molar-refractivity contribution >= 4 is 11.8 Å². The van der Waals surface area contributed by atoms with Crippen molar-refractivity contribution in [1.29, 1.82) is 0 Å². The van der Waals surface area contributed by atoms with Crippen molar-refractivity contribution < 1.29 is 9.59 Å². The SMILES string of the molecule is CCCNC1CC2CCC(C1)N2C1CCC(=O)N(C)C1=O. The minimum atomic E-state index is -0.0580. The Labute approximate surface area is 127 Å². The number of nitrogens with one attached hydrogen (secondary N) is 1. The Morgan fingerprint density at radius 2 is 1.81 bits per heavy atom. The first-order valence-corrected chi connectivity index (χ1v) is 8.43. The van der Waals surface area contributed by atoms with Crippen molar-refractivity contribution in [3.63, 3.8) is 0 Å². The van der Waals surface area contributed by atoms with Gasteiger partial charge in [-0.2, -0.15) is 0 Å². The number of hydrogen-bond acceptors (Lipinski definition) is 4. The van der Waals surface area contributed by atoms with Crippen LogP contribution in [0.25, 0.3) is 0 Å². The van der Waals surface area contributed by atoms with Gasteiger partial charge >= 0.3 is 0 Å². The summed E-state index contributed by atoms with van der Waals surface area (Å²) in [4.78, 5) is 27.9. The molecular weight excluding hydrogens is 266 g/mol. The average molecular weight is 293 g/mol. The Morgan fingerprint density at radius 3 is 2.43 bits per heavy atom. The normalized spacial score (nSPS) is 37.3. The number of amides is 2. The van der Waals surface area contributed by atoms with E-state index in [9.17, 15) is 9.59 Å². The second-order valence-electron chi connectivity index (χ2n) is 6.80. The molecular formula is C16H27N3O2. The van der Waals surface area contributed by atoms with Crippen LogP contribution in [0.15, 0.2) is 0 Å². The highest BCUT2D eigenvalue weighted by Gasteiger charge is 2.47. The summed E-state index contributed by atoms with van der Waals surface area (Å²) < 4.78 is 0. The summed E-state index contributed by atoms with van der Waals surface area (Å²) in [7, 11) is 1.63. The summed E-state index contributed by atoms with van der Waals surface area (Å²) in [5.74, 6) is -0.00814. The minimum Gasteiger partial charge on any atom is -0.314 e. The summed E-state index contributed by atoms with van der Waals surface area (Å²) in [6.07, 6.45) is 7.11. The topological polar surface area (TPSA) is 52.7 Å². The van der Waals surface area contributed by atoms with E-state index in [1.165, 1.54) is 24.2 Å². The van der Waals surface area contributed by atoms with Gasteiger partial charge in [-0.1, -0.05) is 6.92 Å². The zero-order valence-corrected chi connectivity index (χ0v) is 13.2. The highest BCUT2D eigenvalue weighted by Crippen LogP contribution is 2.39. The number of likely N-dealkylation sites (tertiary alicyclic amines) is 1. The zero-order chi connectivity index (χ0) is 15.0. The second-order valence-corrected chi connectivity index (χ2v) is 6.80. The first-order chi connectivity index (χ1) is 10.1. The molecule has 5 nitrogen and oxygen atoms in total. The molecule has 2 amide bonds. The molecule has 3 fully saturated rings. The first-order valence-electron chi connectivity index (χ1n) is 8.43. The fourth-order valence-corrected chi connectivity index (χ4v) is 4.41. The van der Waals surface area contributed by atoms with Gasteiger partial charge in [0.05, 0.1) is 6.04 Å². The monoisotopic (exact) mass is 293 g/mol. The van der Waals surface area contributed by atoms with E-state index in [4.69, 9.17) is 0 Å². The Kier molecular flexibility index (Phi) is 4.31. The molecule has 118 valence electrons. The quantitative estimate of drug-likeness (QED) is 0.790. The van der Waals surface area contributed by atoms with Gasteiger partial charge in [0, 0.05) is 31.6 Å². The number of nitrogens with zero attached hydrogens (tertiary/aromatic N) is 2. The van der Waals surface area contributed by atoms with Crippen molar-refractivity contribution in [1.82, 2.24) is 15.1 Å². The summed E-state index contributed by atoms with van der Waals surface area (Å²) in [5, 5.41) is 3.65. The van der Waals surface area contributed by atoms with Gasteiger partial charge in [0.2, 0.25) is 11.8 Å². The average Bonchev–Trinajstić information content (AvgIpc) is 2.74. The smallest absolute Gasteiger partial charge is 0.246 e. The molecule has 3 rings (SSSR count). The largest absolute Gasteiger partial charge is 0.314 e. The van der Waals surface area contributed by atoms with Gasteiger partial charge in [-0.05, 0) is 45.1 Å². The van der Waals surface area contributed by atoms with Crippen LogP contribution < -0.4 is 5.32 Å². The molecule has 3 unspecified atom stereocenters. The third-order valence-corrected chi connectivity index (χ3v) is 5.45. The molecule has 0 saturated carbocycles. The maximum absolute atomic E-state index is 12.5. The van der Waals surface area contributed by atoms with Crippen LogP contribution in [0.1, 0.15) is 51.9 Å². The molecule has 1 N–H and O–H groups in total. The molecule has 0 aromatic heterocycles. The van der Waals surface area contributed by atoms with Gasteiger partial charge in [-0.25, -0.2) is 0 Å². The summed E-state index contributed by atoms with van der Waals surface area (Å²) in [6, 6.07) is 1.59. The van der Waals surface area contributed by atoms with E-state index >= 15 is 0 Å². The van der Waals surface area contributed by atoms with Gasteiger partial charge in [0.1, 0.15) is 0 Å². The lowest BCUT2D eigenvalue weighted by Gasteiger charge is -2.45. The molecule has 3 aliphatic heterocycles. The number of piperidine rings is 2. The lowest BCUT2D eigenvalue weighted by Crippen LogP contribution is -2.60. The molecule has 3 aliphatic rings. The standard InChI is InChI=1S/C16H27N3O2/c1-3-8-17-11-9-12-4-5-13(10-11)19(12)14-6-7-15(20)18(2)16(14)21/h11-14,17H,3-10H2,1-2H3. The molecule has 0 aromatic carbocycles. The Balaban J connectivity index is 1.68. The molecule has 3 atom stereocenters. The predicted octanol–water partition coefficient (Wildman–Crippen LogP) is 1.13.